The lowest BCUT2D eigenvalue weighted by atomic mass is 10.0. The summed E-state index contributed by atoms with van der Waals surface area (Å²) in [5.74, 6) is -1.21. The van der Waals surface area contributed by atoms with E-state index in [1.54, 1.807) is 24.3 Å². The Balaban J connectivity index is 1.64. The van der Waals surface area contributed by atoms with Crippen molar-refractivity contribution in [1.82, 2.24) is 0 Å². The molecule has 0 saturated carbocycles. The molecule has 0 aromatic heterocycles. The van der Waals surface area contributed by atoms with Crippen molar-refractivity contribution >= 4 is 11.8 Å². The van der Waals surface area contributed by atoms with Gasteiger partial charge in [-0.1, -0.05) is 66.7 Å². The van der Waals surface area contributed by atoms with Gasteiger partial charge in [-0.25, -0.2) is 4.79 Å². The Labute approximate surface area is 145 Å². The van der Waals surface area contributed by atoms with Gasteiger partial charge in [-0.15, -0.1) is 0 Å². The molecular formula is C21H16O4. The van der Waals surface area contributed by atoms with Crippen LogP contribution in [0.25, 0.3) is 11.1 Å². The van der Waals surface area contributed by atoms with E-state index in [0.717, 1.165) is 11.1 Å². The molecule has 0 atom stereocenters. The van der Waals surface area contributed by atoms with E-state index in [4.69, 9.17) is 4.74 Å². The molecule has 0 fully saturated rings. The minimum atomic E-state index is -0.729. The van der Waals surface area contributed by atoms with E-state index in [-0.39, 0.29) is 23.7 Å². The molecule has 0 radical (unpaired) electrons. The number of Topliss-reactive ketones (excluding diaryl/α,β-unsaturated/α-hetero) is 1. The van der Waals surface area contributed by atoms with Gasteiger partial charge in [-0.05, 0) is 23.3 Å². The van der Waals surface area contributed by atoms with Crippen LogP contribution in [0.3, 0.4) is 0 Å². The number of para-hydroxylation sites is 1. The number of hydrogen-bond donors (Lipinski definition) is 1. The van der Waals surface area contributed by atoms with E-state index in [1.165, 1.54) is 12.1 Å². The zero-order chi connectivity index (χ0) is 17.6. The summed E-state index contributed by atoms with van der Waals surface area (Å²) < 4.78 is 4.99. The van der Waals surface area contributed by atoms with E-state index >= 15 is 0 Å². The van der Waals surface area contributed by atoms with E-state index < -0.39 is 5.97 Å². The predicted octanol–water partition coefficient (Wildman–Crippen LogP) is 4.10. The van der Waals surface area contributed by atoms with Crippen LogP contribution in [-0.4, -0.2) is 23.5 Å². The minimum absolute atomic E-state index is 0.0368. The molecule has 0 spiro atoms. The molecule has 124 valence electrons. The molecule has 1 N–H and O–H groups in total. The molecule has 0 aliphatic rings. The Morgan fingerprint density at radius 1 is 0.760 bits per heavy atom. The lowest BCUT2D eigenvalue weighted by Crippen LogP contribution is -2.14. The van der Waals surface area contributed by atoms with Crippen molar-refractivity contribution in [3.8, 4) is 16.9 Å². The maximum Gasteiger partial charge on any atom is 0.342 e. The third-order valence-electron chi connectivity index (χ3n) is 3.77. The maximum absolute atomic E-state index is 12.2. The number of aromatic hydroxyl groups is 1. The van der Waals surface area contributed by atoms with Crippen molar-refractivity contribution in [3.05, 3.63) is 90.0 Å². The number of rotatable bonds is 5. The number of hydrogen-bond acceptors (Lipinski definition) is 4. The second-order valence-corrected chi connectivity index (χ2v) is 5.46. The van der Waals surface area contributed by atoms with Crippen LogP contribution < -0.4 is 0 Å². The molecule has 3 aromatic rings. The second-order valence-electron chi connectivity index (χ2n) is 5.46. The Morgan fingerprint density at radius 2 is 1.36 bits per heavy atom. The molecule has 4 nitrogen and oxygen atoms in total. The van der Waals surface area contributed by atoms with E-state index in [2.05, 4.69) is 0 Å². The molecule has 0 heterocycles. The number of ether oxygens (including phenoxy) is 1. The number of carbonyl (C=O) groups is 2. The van der Waals surface area contributed by atoms with Gasteiger partial charge in [-0.2, -0.15) is 0 Å². The summed E-state index contributed by atoms with van der Waals surface area (Å²) in [5.41, 5.74) is 2.57. The fraction of sp³-hybridized carbons (Fsp3) is 0.0476. The highest BCUT2D eigenvalue weighted by Gasteiger charge is 2.14. The monoisotopic (exact) mass is 332 g/mol. The van der Waals surface area contributed by atoms with Crippen LogP contribution >= 0.6 is 0 Å². The van der Waals surface area contributed by atoms with Crippen LogP contribution in [0.2, 0.25) is 0 Å². The van der Waals surface area contributed by atoms with Gasteiger partial charge in [-0.3, -0.25) is 4.79 Å². The van der Waals surface area contributed by atoms with Crippen molar-refractivity contribution in [2.75, 3.05) is 6.61 Å². The summed E-state index contributed by atoms with van der Waals surface area (Å²) in [6.45, 7) is -0.377. The topological polar surface area (TPSA) is 63.6 Å². The van der Waals surface area contributed by atoms with Crippen molar-refractivity contribution in [2.45, 2.75) is 0 Å². The Morgan fingerprint density at radius 3 is 2.04 bits per heavy atom. The third-order valence-corrected chi connectivity index (χ3v) is 3.77. The summed E-state index contributed by atoms with van der Waals surface area (Å²) in [6, 6.07) is 23.0. The van der Waals surface area contributed by atoms with Gasteiger partial charge in [0.25, 0.3) is 0 Å². The summed E-state index contributed by atoms with van der Waals surface area (Å²) in [6.07, 6.45) is 0. The first-order valence-corrected chi connectivity index (χ1v) is 7.79. The number of phenolic OH excluding ortho intramolecular Hbond substituents is 1. The second kappa shape index (κ2) is 7.45. The van der Waals surface area contributed by atoms with Crippen LogP contribution in [0, 0.1) is 0 Å². The van der Waals surface area contributed by atoms with E-state index in [0.29, 0.717) is 5.56 Å². The number of carbonyl (C=O) groups excluding carboxylic acids is 2. The first kappa shape index (κ1) is 16.5. The standard InChI is InChI=1S/C21H16O4/c22-19-9-5-4-8-18(19)21(24)25-14-20(23)17-12-10-16(11-13-17)15-6-2-1-3-7-15/h1-13,22H,14H2. The normalized spacial score (nSPS) is 10.2. The summed E-state index contributed by atoms with van der Waals surface area (Å²) in [5, 5.41) is 9.62. The molecule has 3 aromatic carbocycles. The molecular weight excluding hydrogens is 316 g/mol. The number of ketones is 1. The largest absolute Gasteiger partial charge is 0.507 e. The van der Waals surface area contributed by atoms with Gasteiger partial charge in [0.1, 0.15) is 11.3 Å². The highest BCUT2D eigenvalue weighted by atomic mass is 16.5. The smallest absolute Gasteiger partial charge is 0.342 e. The van der Waals surface area contributed by atoms with E-state index in [9.17, 15) is 14.7 Å². The molecule has 3 rings (SSSR count). The lowest BCUT2D eigenvalue weighted by molar-refractivity contribution is 0.0472. The summed E-state index contributed by atoms with van der Waals surface area (Å²) >= 11 is 0. The predicted molar refractivity (Wildman–Crippen MR) is 94.6 cm³/mol. The molecule has 0 aliphatic carbocycles. The number of esters is 1. The van der Waals surface area contributed by atoms with Gasteiger partial charge < -0.3 is 9.84 Å². The molecule has 0 unspecified atom stereocenters. The van der Waals surface area contributed by atoms with Crippen molar-refractivity contribution in [2.24, 2.45) is 0 Å². The summed E-state index contributed by atoms with van der Waals surface area (Å²) in [4.78, 5) is 24.1. The molecule has 0 aliphatic heterocycles. The van der Waals surface area contributed by atoms with Crippen LogP contribution in [0.15, 0.2) is 78.9 Å². The average Bonchev–Trinajstić information content (AvgIpc) is 2.67. The average molecular weight is 332 g/mol. The van der Waals surface area contributed by atoms with Gasteiger partial charge in [0.05, 0.1) is 0 Å². The molecule has 0 amide bonds. The van der Waals surface area contributed by atoms with Crippen molar-refractivity contribution in [1.29, 1.82) is 0 Å². The molecule has 4 heteroatoms. The number of benzene rings is 3. The zero-order valence-electron chi connectivity index (χ0n) is 13.4. The highest BCUT2D eigenvalue weighted by Crippen LogP contribution is 2.20. The van der Waals surface area contributed by atoms with Crippen molar-refractivity contribution in [3.63, 3.8) is 0 Å². The third kappa shape index (κ3) is 3.93. The SMILES string of the molecule is O=C(COC(=O)c1ccccc1O)c1ccc(-c2ccccc2)cc1. The van der Waals surface area contributed by atoms with Gasteiger partial charge in [0, 0.05) is 5.56 Å². The summed E-state index contributed by atoms with van der Waals surface area (Å²) in [7, 11) is 0. The fourth-order valence-electron chi connectivity index (χ4n) is 2.42. The Bertz CT molecular complexity index is 883. The van der Waals surface area contributed by atoms with Crippen LogP contribution in [0.4, 0.5) is 0 Å². The van der Waals surface area contributed by atoms with Gasteiger partial charge >= 0.3 is 5.97 Å². The molecule has 0 saturated heterocycles. The molecule has 0 bridgehead atoms. The van der Waals surface area contributed by atoms with Gasteiger partial charge in [0.2, 0.25) is 0 Å². The maximum atomic E-state index is 12.2. The van der Waals surface area contributed by atoms with Crippen LogP contribution in [-0.2, 0) is 4.74 Å². The lowest BCUT2D eigenvalue weighted by Gasteiger charge is -2.07. The van der Waals surface area contributed by atoms with Crippen LogP contribution in [0.5, 0.6) is 5.75 Å². The fourth-order valence-corrected chi connectivity index (χ4v) is 2.42. The van der Waals surface area contributed by atoms with E-state index in [1.807, 2.05) is 42.5 Å². The Kier molecular flexibility index (Phi) is 4.90. The quantitative estimate of drug-likeness (QED) is 0.564. The van der Waals surface area contributed by atoms with Crippen LogP contribution in [0.1, 0.15) is 20.7 Å². The first-order chi connectivity index (χ1) is 12.1. The highest BCUT2D eigenvalue weighted by molar-refractivity contribution is 6.00. The Hall–Kier alpha value is -3.40. The number of phenols is 1. The van der Waals surface area contributed by atoms with Gasteiger partial charge in [0.15, 0.2) is 12.4 Å². The zero-order valence-corrected chi connectivity index (χ0v) is 13.4. The van der Waals surface area contributed by atoms with Crippen molar-refractivity contribution < 1.29 is 19.4 Å². The molecule has 25 heavy (non-hydrogen) atoms. The first-order valence-electron chi connectivity index (χ1n) is 7.79. The minimum Gasteiger partial charge on any atom is -0.507 e.